The van der Waals surface area contributed by atoms with Crippen LogP contribution in [0, 0.1) is 5.41 Å². The molecule has 2 rings (SSSR count). The molecule has 17 heavy (non-hydrogen) atoms. The van der Waals surface area contributed by atoms with E-state index in [1.165, 1.54) is 10.4 Å². The number of hydrogen-bond donors (Lipinski definition) is 0. The van der Waals surface area contributed by atoms with E-state index in [1.807, 2.05) is 30.5 Å². The van der Waals surface area contributed by atoms with Gasteiger partial charge < -0.3 is 0 Å². The van der Waals surface area contributed by atoms with E-state index in [2.05, 4.69) is 36.9 Å². The second-order valence-corrected chi connectivity index (χ2v) is 5.81. The van der Waals surface area contributed by atoms with Gasteiger partial charge in [-0.05, 0) is 41.0 Å². The van der Waals surface area contributed by atoms with Gasteiger partial charge in [-0.25, -0.2) is 0 Å². The summed E-state index contributed by atoms with van der Waals surface area (Å²) in [6.07, 6.45) is 4.88. The number of hydrogen-bond acceptors (Lipinski definition) is 2. The highest BCUT2D eigenvalue weighted by molar-refractivity contribution is 7.13. The Labute approximate surface area is 107 Å². The third-order valence-electron chi connectivity index (χ3n) is 2.78. The molecular formula is C15H17NS. The Morgan fingerprint density at radius 2 is 2.24 bits per heavy atom. The Balaban J connectivity index is 2.20. The lowest BCUT2D eigenvalue weighted by atomic mass is 9.87. The number of rotatable bonds is 4. The summed E-state index contributed by atoms with van der Waals surface area (Å²) in [4.78, 5) is 5.61. The van der Waals surface area contributed by atoms with Crippen molar-refractivity contribution in [2.24, 2.45) is 5.41 Å². The molecule has 88 valence electrons. The molecule has 0 aliphatic heterocycles. The molecule has 2 heteroatoms. The standard InChI is InChI=1S/C15H17NS/c1-4-15(2,3)10-12-9-14(17-11-12)13-7-5-6-8-16-13/h4-9,11H,1,10H2,2-3H3. The summed E-state index contributed by atoms with van der Waals surface area (Å²) in [6.45, 7) is 8.30. The zero-order valence-corrected chi connectivity index (χ0v) is 11.1. The first-order chi connectivity index (χ1) is 8.11. The van der Waals surface area contributed by atoms with Gasteiger partial charge in [0.2, 0.25) is 0 Å². The number of allylic oxidation sites excluding steroid dienone is 1. The van der Waals surface area contributed by atoms with Gasteiger partial charge in [0, 0.05) is 6.20 Å². The van der Waals surface area contributed by atoms with Gasteiger partial charge in [-0.2, -0.15) is 0 Å². The SMILES string of the molecule is C=CC(C)(C)Cc1csc(-c2ccccn2)c1. The highest BCUT2D eigenvalue weighted by Crippen LogP contribution is 2.30. The number of pyridine rings is 1. The minimum absolute atomic E-state index is 0.155. The molecule has 0 aliphatic rings. The maximum atomic E-state index is 4.37. The quantitative estimate of drug-likeness (QED) is 0.717. The van der Waals surface area contributed by atoms with Crippen LogP contribution in [-0.4, -0.2) is 4.98 Å². The molecule has 2 aromatic rings. The van der Waals surface area contributed by atoms with Gasteiger partial charge in [0.05, 0.1) is 10.6 Å². The molecule has 2 aromatic heterocycles. The van der Waals surface area contributed by atoms with E-state index >= 15 is 0 Å². The molecule has 0 saturated carbocycles. The molecular weight excluding hydrogens is 226 g/mol. The van der Waals surface area contributed by atoms with Crippen molar-refractivity contribution in [1.29, 1.82) is 0 Å². The Bertz CT molecular complexity index is 497. The van der Waals surface area contributed by atoms with Crippen LogP contribution < -0.4 is 0 Å². The smallest absolute Gasteiger partial charge is 0.0801 e. The Hall–Kier alpha value is -1.41. The van der Waals surface area contributed by atoms with Crippen LogP contribution in [0.4, 0.5) is 0 Å². The molecule has 0 fully saturated rings. The highest BCUT2D eigenvalue weighted by atomic mass is 32.1. The number of nitrogens with zero attached hydrogens (tertiary/aromatic N) is 1. The highest BCUT2D eigenvalue weighted by Gasteiger charge is 2.15. The van der Waals surface area contributed by atoms with Gasteiger partial charge in [-0.15, -0.1) is 17.9 Å². The van der Waals surface area contributed by atoms with Crippen molar-refractivity contribution in [2.75, 3.05) is 0 Å². The first kappa shape index (κ1) is 12.1. The molecule has 0 N–H and O–H groups in total. The van der Waals surface area contributed by atoms with Gasteiger partial charge in [0.15, 0.2) is 0 Å². The second-order valence-electron chi connectivity index (χ2n) is 4.90. The maximum Gasteiger partial charge on any atom is 0.0801 e. The van der Waals surface area contributed by atoms with Crippen molar-refractivity contribution in [3.8, 4) is 10.6 Å². The summed E-state index contributed by atoms with van der Waals surface area (Å²) < 4.78 is 0. The Morgan fingerprint density at radius 1 is 1.41 bits per heavy atom. The average Bonchev–Trinajstić information content (AvgIpc) is 2.78. The third kappa shape index (κ3) is 3.04. The van der Waals surface area contributed by atoms with Crippen LogP contribution in [0.5, 0.6) is 0 Å². The molecule has 2 heterocycles. The molecule has 1 nitrogen and oxygen atoms in total. The Kier molecular flexibility index (Phi) is 3.43. The molecule has 0 unspecified atom stereocenters. The van der Waals surface area contributed by atoms with Gasteiger partial charge in [0.25, 0.3) is 0 Å². The fourth-order valence-electron chi connectivity index (χ4n) is 1.71. The van der Waals surface area contributed by atoms with Crippen molar-refractivity contribution in [3.05, 3.63) is 54.1 Å². The van der Waals surface area contributed by atoms with Gasteiger partial charge in [-0.3, -0.25) is 4.98 Å². The summed E-state index contributed by atoms with van der Waals surface area (Å²) in [6, 6.07) is 8.25. The predicted octanol–water partition coefficient (Wildman–Crippen LogP) is 4.56. The number of thiophene rings is 1. The zero-order chi connectivity index (χ0) is 12.3. The van der Waals surface area contributed by atoms with Crippen LogP contribution in [0.25, 0.3) is 10.6 Å². The Morgan fingerprint density at radius 3 is 2.88 bits per heavy atom. The fraction of sp³-hybridized carbons (Fsp3) is 0.267. The van der Waals surface area contributed by atoms with E-state index in [4.69, 9.17) is 0 Å². The van der Waals surface area contributed by atoms with E-state index in [0.29, 0.717) is 0 Å². The van der Waals surface area contributed by atoms with Crippen LogP contribution in [0.15, 0.2) is 48.5 Å². The van der Waals surface area contributed by atoms with E-state index in [9.17, 15) is 0 Å². The third-order valence-corrected chi connectivity index (χ3v) is 3.78. The largest absolute Gasteiger partial charge is 0.255 e. The lowest BCUT2D eigenvalue weighted by Crippen LogP contribution is -2.09. The monoisotopic (exact) mass is 243 g/mol. The van der Waals surface area contributed by atoms with E-state index in [1.54, 1.807) is 11.3 Å². The molecule has 0 amide bonds. The van der Waals surface area contributed by atoms with Crippen LogP contribution in [0.2, 0.25) is 0 Å². The number of aromatic nitrogens is 1. The maximum absolute atomic E-state index is 4.37. The second kappa shape index (κ2) is 4.84. The van der Waals surface area contributed by atoms with E-state index in [0.717, 1.165) is 12.1 Å². The normalized spacial score (nSPS) is 11.4. The lowest BCUT2D eigenvalue weighted by Gasteiger charge is -2.18. The van der Waals surface area contributed by atoms with E-state index < -0.39 is 0 Å². The summed E-state index contributed by atoms with van der Waals surface area (Å²) in [5.74, 6) is 0. The first-order valence-electron chi connectivity index (χ1n) is 5.73. The summed E-state index contributed by atoms with van der Waals surface area (Å²) >= 11 is 1.76. The molecule has 0 radical (unpaired) electrons. The van der Waals surface area contributed by atoms with Crippen molar-refractivity contribution in [1.82, 2.24) is 4.98 Å². The van der Waals surface area contributed by atoms with E-state index in [-0.39, 0.29) is 5.41 Å². The fourth-order valence-corrected chi connectivity index (χ4v) is 2.60. The van der Waals surface area contributed by atoms with Gasteiger partial charge in [0.1, 0.15) is 0 Å². The summed E-state index contributed by atoms with van der Waals surface area (Å²) in [5.41, 5.74) is 2.57. The van der Waals surface area contributed by atoms with Crippen LogP contribution >= 0.6 is 11.3 Å². The molecule has 0 aromatic carbocycles. The minimum atomic E-state index is 0.155. The zero-order valence-electron chi connectivity index (χ0n) is 10.3. The molecule has 0 aliphatic carbocycles. The molecule has 0 saturated heterocycles. The van der Waals surface area contributed by atoms with Crippen LogP contribution in [0.1, 0.15) is 19.4 Å². The van der Waals surface area contributed by atoms with Crippen molar-refractivity contribution in [3.63, 3.8) is 0 Å². The molecule has 0 bridgehead atoms. The van der Waals surface area contributed by atoms with Crippen LogP contribution in [0.3, 0.4) is 0 Å². The summed E-state index contributed by atoms with van der Waals surface area (Å²) in [7, 11) is 0. The molecule has 0 atom stereocenters. The van der Waals surface area contributed by atoms with Gasteiger partial charge in [-0.1, -0.05) is 26.0 Å². The predicted molar refractivity (Wildman–Crippen MR) is 75.2 cm³/mol. The van der Waals surface area contributed by atoms with Crippen molar-refractivity contribution < 1.29 is 0 Å². The lowest BCUT2D eigenvalue weighted by molar-refractivity contribution is 0.480. The van der Waals surface area contributed by atoms with Gasteiger partial charge >= 0.3 is 0 Å². The van der Waals surface area contributed by atoms with Crippen LogP contribution in [-0.2, 0) is 6.42 Å². The summed E-state index contributed by atoms with van der Waals surface area (Å²) in [5, 5.41) is 2.22. The first-order valence-corrected chi connectivity index (χ1v) is 6.61. The molecule has 0 spiro atoms. The minimum Gasteiger partial charge on any atom is -0.255 e. The topological polar surface area (TPSA) is 12.9 Å². The van der Waals surface area contributed by atoms with Crippen molar-refractivity contribution in [2.45, 2.75) is 20.3 Å². The van der Waals surface area contributed by atoms with Crippen molar-refractivity contribution >= 4 is 11.3 Å². The average molecular weight is 243 g/mol.